The summed E-state index contributed by atoms with van der Waals surface area (Å²) in [7, 11) is 0. The standard InChI is InChI=1S/C15H18N2O/c16-9-10-18-14-7-5-13(6-8-14)17-15(11-1-2-11)12-3-4-12/h5-8,11-12,15,17H,1-4,10H2. The molecule has 0 aliphatic heterocycles. The van der Waals surface area contributed by atoms with Gasteiger partial charge in [0.2, 0.25) is 0 Å². The summed E-state index contributed by atoms with van der Waals surface area (Å²) < 4.78 is 5.25. The Morgan fingerprint density at radius 3 is 2.28 bits per heavy atom. The van der Waals surface area contributed by atoms with Crippen LogP contribution in [0, 0.1) is 23.2 Å². The fraction of sp³-hybridized carbons (Fsp3) is 0.533. The first kappa shape index (κ1) is 11.4. The first-order valence-electron chi connectivity index (χ1n) is 6.73. The van der Waals surface area contributed by atoms with Crippen molar-refractivity contribution >= 4 is 5.69 Å². The van der Waals surface area contributed by atoms with Gasteiger partial charge in [-0.2, -0.15) is 5.26 Å². The van der Waals surface area contributed by atoms with Crippen LogP contribution in [0.5, 0.6) is 5.75 Å². The zero-order valence-corrected chi connectivity index (χ0v) is 10.4. The number of ether oxygens (including phenoxy) is 1. The van der Waals surface area contributed by atoms with Crippen molar-refractivity contribution in [3.63, 3.8) is 0 Å². The summed E-state index contributed by atoms with van der Waals surface area (Å²) in [5.74, 6) is 2.55. The molecule has 0 aromatic heterocycles. The van der Waals surface area contributed by atoms with Crippen LogP contribution >= 0.6 is 0 Å². The quantitative estimate of drug-likeness (QED) is 0.833. The minimum absolute atomic E-state index is 0.111. The highest BCUT2D eigenvalue weighted by Crippen LogP contribution is 2.45. The molecule has 2 fully saturated rings. The molecule has 1 N–H and O–H groups in total. The van der Waals surface area contributed by atoms with Crippen LogP contribution in [0.25, 0.3) is 0 Å². The molecule has 2 saturated carbocycles. The lowest BCUT2D eigenvalue weighted by atomic mass is 10.1. The van der Waals surface area contributed by atoms with Crippen LogP contribution in [-0.2, 0) is 0 Å². The van der Waals surface area contributed by atoms with Crippen LogP contribution in [0.15, 0.2) is 24.3 Å². The Labute approximate surface area is 108 Å². The zero-order chi connectivity index (χ0) is 12.4. The van der Waals surface area contributed by atoms with Crippen molar-refractivity contribution in [3.8, 4) is 11.8 Å². The molecule has 3 nitrogen and oxygen atoms in total. The fourth-order valence-electron chi connectivity index (χ4n) is 2.49. The van der Waals surface area contributed by atoms with Crippen molar-refractivity contribution < 1.29 is 4.74 Å². The molecule has 0 unspecified atom stereocenters. The zero-order valence-electron chi connectivity index (χ0n) is 10.4. The SMILES string of the molecule is N#CCOc1ccc(NC(C2CC2)C2CC2)cc1. The molecule has 0 saturated heterocycles. The lowest BCUT2D eigenvalue weighted by molar-refractivity contribution is 0.368. The van der Waals surface area contributed by atoms with Crippen molar-refractivity contribution in [2.45, 2.75) is 31.7 Å². The fourth-order valence-corrected chi connectivity index (χ4v) is 2.49. The van der Waals surface area contributed by atoms with E-state index in [0.29, 0.717) is 6.04 Å². The lowest BCUT2D eigenvalue weighted by Gasteiger charge is -2.19. The molecule has 0 heterocycles. The third-order valence-electron chi connectivity index (χ3n) is 3.75. The summed E-state index contributed by atoms with van der Waals surface area (Å²) in [4.78, 5) is 0. The maximum Gasteiger partial charge on any atom is 0.174 e. The second-order valence-corrected chi connectivity index (χ2v) is 5.32. The van der Waals surface area contributed by atoms with Crippen LogP contribution < -0.4 is 10.1 Å². The van der Waals surface area contributed by atoms with Gasteiger partial charge in [0.1, 0.15) is 11.8 Å². The molecule has 0 radical (unpaired) electrons. The van der Waals surface area contributed by atoms with Crippen molar-refractivity contribution in [2.75, 3.05) is 11.9 Å². The number of hydrogen-bond donors (Lipinski definition) is 1. The average Bonchev–Trinajstić information content (AvgIpc) is 3.28. The molecule has 0 amide bonds. The number of nitrogens with one attached hydrogen (secondary N) is 1. The molecule has 0 spiro atoms. The number of nitriles is 1. The van der Waals surface area contributed by atoms with Gasteiger partial charge in [-0.25, -0.2) is 0 Å². The molecule has 2 aliphatic carbocycles. The molecule has 2 aliphatic rings. The topological polar surface area (TPSA) is 45.0 Å². The second-order valence-electron chi connectivity index (χ2n) is 5.32. The molecule has 18 heavy (non-hydrogen) atoms. The molecular weight excluding hydrogens is 224 g/mol. The van der Waals surface area contributed by atoms with Crippen molar-refractivity contribution in [2.24, 2.45) is 11.8 Å². The first-order chi connectivity index (χ1) is 8.86. The van der Waals surface area contributed by atoms with Gasteiger partial charge >= 0.3 is 0 Å². The van der Waals surface area contributed by atoms with Gasteiger partial charge in [0.25, 0.3) is 0 Å². The van der Waals surface area contributed by atoms with Crippen LogP contribution in [0.4, 0.5) is 5.69 Å². The number of rotatable bonds is 6. The Kier molecular flexibility index (Phi) is 3.10. The molecule has 0 bridgehead atoms. The Balaban J connectivity index is 1.60. The van der Waals surface area contributed by atoms with Crippen molar-refractivity contribution in [3.05, 3.63) is 24.3 Å². The highest BCUT2D eigenvalue weighted by molar-refractivity contribution is 5.47. The van der Waals surface area contributed by atoms with E-state index in [9.17, 15) is 0 Å². The third-order valence-corrected chi connectivity index (χ3v) is 3.75. The predicted molar refractivity (Wildman–Crippen MR) is 70.4 cm³/mol. The van der Waals surface area contributed by atoms with Crippen molar-refractivity contribution in [1.82, 2.24) is 0 Å². The van der Waals surface area contributed by atoms with Gasteiger partial charge < -0.3 is 10.1 Å². The van der Waals surface area contributed by atoms with Crippen molar-refractivity contribution in [1.29, 1.82) is 5.26 Å². The lowest BCUT2D eigenvalue weighted by Crippen LogP contribution is -2.24. The van der Waals surface area contributed by atoms with E-state index in [1.165, 1.54) is 31.4 Å². The van der Waals surface area contributed by atoms with E-state index >= 15 is 0 Å². The second kappa shape index (κ2) is 4.89. The average molecular weight is 242 g/mol. The van der Waals surface area contributed by atoms with Gasteiger partial charge in [0.15, 0.2) is 6.61 Å². The highest BCUT2D eigenvalue weighted by Gasteiger charge is 2.41. The molecule has 1 aromatic carbocycles. The van der Waals surface area contributed by atoms with Crippen LogP contribution in [0.3, 0.4) is 0 Å². The maximum absolute atomic E-state index is 8.45. The summed E-state index contributed by atoms with van der Waals surface area (Å²) in [5.41, 5.74) is 1.17. The first-order valence-corrected chi connectivity index (χ1v) is 6.73. The molecular formula is C15H18N2O. The van der Waals surface area contributed by atoms with Crippen LogP contribution in [0.2, 0.25) is 0 Å². The number of anilines is 1. The highest BCUT2D eigenvalue weighted by atomic mass is 16.5. The van der Waals surface area contributed by atoms with Gasteiger partial charge in [-0.1, -0.05) is 0 Å². The Morgan fingerprint density at radius 1 is 1.17 bits per heavy atom. The smallest absolute Gasteiger partial charge is 0.174 e. The van der Waals surface area contributed by atoms with Gasteiger partial charge in [-0.05, 0) is 61.8 Å². The number of benzene rings is 1. The third kappa shape index (κ3) is 2.76. The van der Waals surface area contributed by atoms with Crippen LogP contribution in [-0.4, -0.2) is 12.6 Å². The Bertz CT molecular complexity index is 429. The predicted octanol–water partition coefficient (Wildman–Crippen LogP) is 3.19. The molecule has 1 aromatic rings. The van der Waals surface area contributed by atoms with E-state index < -0.39 is 0 Å². The normalized spacial score (nSPS) is 18.4. The van der Waals surface area contributed by atoms with Gasteiger partial charge in [0, 0.05) is 11.7 Å². The molecule has 3 heteroatoms. The molecule has 0 atom stereocenters. The number of nitrogens with zero attached hydrogens (tertiary/aromatic N) is 1. The Hall–Kier alpha value is -1.69. The monoisotopic (exact) mass is 242 g/mol. The van der Waals surface area contributed by atoms with Gasteiger partial charge in [0.05, 0.1) is 0 Å². The van der Waals surface area contributed by atoms with E-state index in [4.69, 9.17) is 10.00 Å². The van der Waals surface area contributed by atoms with Gasteiger partial charge in [-0.15, -0.1) is 0 Å². The van der Waals surface area contributed by atoms with E-state index in [0.717, 1.165) is 17.6 Å². The maximum atomic E-state index is 8.45. The minimum Gasteiger partial charge on any atom is -0.479 e. The molecule has 3 rings (SSSR count). The summed E-state index contributed by atoms with van der Waals surface area (Å²) in [6, 6.07) is 10.6. The van der Waals surface area contributed by atoms with E-state index in [-0.39, 0.29) is 6.61 Å². The van der Waals surface area contributed by atoms with E-state index in [1.807, 2.05) is 30.3 Å². The van der Waals surface area contributed by atoms with E-state index in [2.05, 4.69) is 5.32 Å². The van der Waals surface area contributed by atoms with Crippen LogP contribution in [0.1, 0.15) is 25.7 Å². The summed E-state index contributed by atoms with van der Waals surface area (Å²) >= 11 is 0. The Morgan fingerprint density at radius 2 is 1.78 bits per heavy atom. The summed E-state index contributed by atoms with van der Waals surface area (Å²) in [6.07, 6.45) is 5.55. The summed E-state index contributed by atoms with van der Waals surface area (Å²) in [5, 5.41) is 12.1. The minimum atomic E-state index is 0.111. The van der Waals surface area contributed by atoms with Gasteiger partial charge in [-0.3, -0.25) is 0 Å². The molecule has 94 valence electrons. The largest absolute Gasteiger partial charge is 0.479 e. The number of hydrogen-bond acceptors (Lipinski definition) is 3. The van der Waals surface area contributed by atoms with E-state index in [1.54, 1.807) is 0 Å². The summed E-state index contributed by atoms with van der Waals surface area (Å²) in [6.45, 7) is 0.111.